The molecule has 2 nitrogen and oxygen atoms in total. The van der Waals surface area contributed by atoms with Gasteiger partial charge in [-0.1, -0.05) is 18.2 Å². The molecule has 0 fully saturated rings. The van der Waals surface area contributed by atoms with Gasteiger partial charge in [0, 0.05) is 35.7 Å². The average molecular weight is 307 g/mol. The Morgan fingerprint density at radius 3 is 3.00 bits per heavy atom. The fourth-order valence-corrected chi connectivity index (χ4v) is 3.68. The fraction of sp³-hybridized carbons (Fsp3) is 0.375. The number of rotatable bonds is 9. The van der Waals surface area contributed by atoms with Gasteiger partial charge < -0.3 is 10.1 Å². The molecule has 0 radical (unpaired) electrons. The molecule has 1 aromatic heterocycles. The average Bonchev–Trinajstić information content (AvgIpc) is 2.97. The van der Waals surface area contributed by atoms with Gasteiger partial charge in [-0.05, 0) is 35.6 Å². The van der Waals surface area contributed by atoms with Gasteiger partial charge in [0.25, 0.3) is 0 Å². The minimum absolute atomic E-state index is 0.759. The van der Waals surface area contributed by atoms with E-state index in [1.54, 1.807) is 7.11 Å². The van der Waals surface area contributed by atoms with E-state index in [1.807, 2.05) is 23.1 Å². The SMILES string of the molecule is COCCNCc1cccc(SCCc2cccs2)c1. The van der Waals surface area contributed by atoms with Crippen LogP contribution in [0.1, 0.15) is 10.4 Å². The van der Waals surface area contributed by atoms with Crippen LogP contribution in [-0.4, -0.2) is 26.0 Å². The summed E-state index contributed by atoms with van der Waals surface area (Å²) in [6.07, 6.45) is 1.15. The van der Waals surface area contributed by atoms with Crippen LogP contribution in [-0.2, 0) is 17.7 Å². The third-order valence-electron chi connectivity index (χ3n) is 2.91. The molecule has 1 heterocycles. The minimum Gasteiger partial charge on any atom is -0.383 e. The second kappa shape index (κ2) is 9.19. The maximum Gasteiger partial charge on any atom is 0.0587 e. The van der Waals surface area contributed by atoms with Crippen molar-refractivity contribution in [2.24, 2.45) is 0 Å². The molecule has 4 heteroatoms. The number of ether oxygens (including phenoxy) is 1. The standard InChI is InChI=1S/C16H21NOS2/c1-18-9-8-17-13-14-4-2-5-16(12-14)20-11-7-15-6-3-10-19-15/h2-6,10,12,17H,7-9,11,13H2,1H3. The highest BCUT2D eigenvalue weighted by Crippen LogP contribution is 2.21. The van der Waals surface area contributed by atoms with Crippen LogP contribution in [0.25, 0.3) is 0 Å². The Labute approximate surface area is 129 Å². The van der Waals surface area contributed by atoms with Crippen LogP contribution in [0.2, 0.25) is 0 Å². The molecule has 0 saturated heterocycles. The molecule has 0 amide bonds. The Morgan fingerprint density at radius 1 is 1.25 bits per heavy atom. The Kier molecular flexibility index (Phi) is 7.15. The zero-order chi connectivity index (χ0) is 14.0. The number of aryl methyl sites for hydroxylation is 1. The van der Waals surface area contributed by atoms with E-state index < -0.39 is 0 Å². The Morgan fingerprint density at radius 2 is 2.20 bits per heavy atom. The molecule has 20 heavy (non-hydrogen) atoms. The lowest BCUT2D eigenvalue weighted by Crippen LogP contribution is -2.18. The molecule has 0 aliphatic carbocycles. The van der Waals surface area contributed by atoms with Crippen LogP contribution in [0.15, 0.2) is 46.7 Å². The summed E-state index contributed by atoms with van der Waals surface area (Å²) in [5.41, 5.74) is 1.34. The van der Waals surface area contributed by atoms with E-state index >= 15 is 0 Å². The van der Waals surface area contributed by atoms with Crippen molar-refractivity contribution in [2.75, 3.05) is 26.0 Å². The van der Waals surface area contributed by atoms with E-state index in [0.717, 1.165) is 31.9 Å². The number of thiophene rings is 1. The van der Waals surface area contributed by atoms with E-state index in [4.69, 9.17) is 4.74 Å². The molecule has 0 atom stereocenters. The summed E-state index contributed by atoms with van der Waals surface area (Å²) in [7, 11) is 1.73. The van der Waals surface area contributed by atoms with E-state index in [9.17, 15) is 0 Å². The summed E-state index contributed by atoms with van der Waals surface area (Å²) in [5, 5.41) is 5.52. The van der Waals surface area contributed by atoms with Crippen molar-refractivity contribution in [2.45, 2.75) is 17.9 Å². The van der Waals surface area contributed by atoms with E-state index in [0.29, 0.717) is 0 Å². The van der Waals surface area contributed by atoms with Gasteiger partial charge in [-0.3, -0.25) is 0 Å². The number of methoxy groups -OCH3 is 1. The molecule has 108 valence electrons. The molecule has 0 saturated carbocycles. The lowest BCUT2D eigenvalue weighted by atomic mass is 10.2. The van der Waals surface area contributed by atoms with Crippen LogP contribution in [0.4, 0.5) is 0 Å². The number of thioether (sulfide) groups is 1. The van der Waals surface area contributed by atoms with Crippen molar-refractivity contribution in [3.05, 3.63) is 52.2 Å². The van der Waals surface area contributed by atoms with E-state index in [-0.39, 0.29) is 0 Å². The Bertz CT molecular complexity index is 485. The number of hydrogen-bond acceptors (Lipinski definition) is 4. The van der Waals surface area contributed by atoms with Crippen LogP contribution >= 0.6 is 23.1 Å². The van der Waals surface area contributed by atoms with Gasteiger partial charge in [0.1, 0.15) is 0 Å². The fourth-order valence-electron chi connectivity index (χ4n) is 1.88. The van der Waals surface area contributed by atoms with Gasteiger partial charge in [0.15, 0.2) is 0 Å². The van der Waals surface area contributed by atoms with E-state index in [2.05, 4.69) is 47.1 Å². The Balaban J connectivity index is 1.74. The summed E-state index contributed by atoms with van der Waals surface area (Å²) in [4.78, 5) is 2.82. The molecule has 1 aromatic carbocycles. The zero-order valence-corrected chi connectivity index (χ0v) is 13.4. The van der Waals surface area contributed by atoms with Crippen LogP contribution < -0.4 is 5.32 Å². The predicted octanol–water partition coefficient (Wildman–Crippen LogP) is 3.82. The maximum atomic E-state index is 5.03. The molecular formula is C16H21NOS2. The van der Waals surface area contributed by atoms with Crippen molar-refractivity contribution in [1.29, 1.82) is 0 Å². The van der Waals surface area contributed by atoms with Crippen LogP contribution in [0.5, 0.6) is 0 Å². The zero-order valence-electron chi connectivity index (χ0n) is 11.8. The maximum absolute atomic E-state index is 5.03. The molecule has 0 bridgehead atoms. The number of hydrogen-bond donors (Lipinski definition) is 1. The molecular weight excluding hydrogens is 286 g/mol. The number of benzene rings is 1. The lowest BCUT2D eigenvalue weighted by Gasteiger charge is -2.06. The molecule has 2 rings (SSSR count). The molecule has 0 aliphatic heterocycles. The first-order valence-electron chi connectivity index (χ1n) is 6.82. The third-order valence-corrected chi connectivity index (χ3v) is 4.84. The first kappa shape index (κ1) is 15.6. The topological polar surface area (TPSA) is 21.3 Å². The van der Waals surface area contributed by atoms with Crippen molar-refractivity contribution in [3.8, 4) is 0 Å². The van der Waals surface area contributed by atoms with E-state index in [1.165, 1.54) is 15.3 Å². The second-order valence-corrected chi connectivity index (χ2v) is 6.70. The monoisotopic (exact) mass is 307 g/mol. The summed E-state index contributed by atoms with van der Waals surface area (Å²) in [5.74, 6) is 1.14. The van der Waals surface area contributed by atoms with Crippen molar-refractivity contribution in [3.63, 3.8) is 0 Å². The molecule has 1 N–H and O–H groups in total. The first-order chi connectivity index (χ1) is 9.88. The van der Waals surface area contributed by atoms with Gasteiger partial charge in [-0.15, -0.1) is 23.1 Å². The van der Waals surface area contributed by atoms with Crippen LogP contribution in [0.3, 0.4) is 0 Å². The highest BCUT2D eigenvalue weighted by molar-refractivity contribution is 7.99. The molecule has 0 spiro atoms. The smallest absolute Gasteiger partial charge is 0.0587 e. The highest BCUT2D eigenvalue weighted by Gasteiger charge is 1.99. The lowest BCUT2D eigenvalue weighted by molar-refractivity contribution is 0.199. The van der Waals surface area contributed by atoms with Crippen molar-refractivity contribution >= 4 is 23.1 Å². The van der Waals surface area contributed by atoms with Gasteiger partial charge in [-0.2, -0.15) is 0 Å². The minimum atomic E-state index is 0.759. The summed E-state index contributed by atoms with van der Waals surface area (Å²) in [6, 6.07) is 13.1. The van der Waals surface area contributed by atoms with Gasteiger partial charge in [0.05, 0.1) is 6.61 Å². The molecule has 2 aromatic rings. The molecule has 0 aliphatic rings. The van der Waals surface area contributed by atoms with Gasteiger partial charge in [-0.25, -0.2) is 0 Å². The summed E-state index contributed by atoms with van der Waals surface area (Å²) >= 11 is 3.77. The Hall–Kier alpha value is -0.810. The summed E-state index contributed by atoms with van der Waals surface area (Å²) in [6.45, 7) is 2.56. The number of nitrogens with one attached hydrogen (secondary N) is 1. The largest absolute Gasteiger partial charge is 0.383 e. The summed E-state index contributed by atoms with van der Waals surface area (Å²) < 4.78 is 5.03. The van der Waals surface area contributed by atoms with Crippen molar-refractivity contribution < 1.29 is 4.74 Å². The second-order valence-electron chi connectivity index (χ2n) is 4.49. The first-order valence-corrected chi connectivity index (χ1v) is 8.69. The third kappa shape index (κ3) is 5.67. The van der Waals surface area contributed by atoms with Gasteiger partial charge >= 0.3 is 0 Å². The quantitative estimate of drug-likeness (QED) is 0.562. The molecule has 0 unspecified atom stereocenters. The van der Waals surface area contributed by atoms with Crippen LogP contribution in [0, 0.1) is 0 Å². The van der Waals surface area contributed by atoms with Gasteiger partial charge in [0.2, 0.25) is 0 Å². The normalized spacial score (nSPS) is 10.8. The van der Waals surface area contributed by atoms with Crippen molar-refractivity contribution in [1.82, 2.24) is 5.32 Å². The highest BCUT2D eigenvalue weighted by atomic mass is 32.2. The predicted molar refractivity (Wildman–Crippen MR) is 88.8 cm³/mol.